The SMILES string of the molecule is Cc1ccc([C@H](N)CC(C)C)c(F)c1F. The van der Waals surface area contributed by atoms with E-state index in [1.807, 2.05) is 13.8 Å². The Bertz CT molecular complexity index is 348. The molecule has 0 heterocycles. The van der Waals surface area contributed by atoms with Gasteiger partial charge in [0, 0.05) is 11.6 Å². The minimum Gasteiger partial charge on any atom is -0.324 e. The van der Waals surface area contributed by atoms with Crippen LogP contribution >= 0.6 is 0 Å². The zero-order valence-corrected chi connectivity index (χ0v) is 9.35. The molecule has 0 aliphatic carbocycles. The predicted octanol–water partition coefficient (Wildman–Crippen LogP) is 3.32. The highest BCUT2D eigenvalue weighted by Gasteiger charge is 2.17. The van der Waals surface area contributed by atoms with Crippen LogP contribution in [0.15, 0.2) is 12.1 Å². The highest BCUT2D eigenvalue weighted by atomic mass is 19.2. The van der Waals surface area contributed by atoms with Crippen molar-refractivity contribution in [3.05, 3.63) is 34.9 Å². The summed E-state index contributed by atoms with van der Waals surface area (Å²) in [5.74, 6) is -1.22. The van der Waals surface area contributed by atoms with Crippen LogP contribution in [0.1, 0.15) is 37.4 Å². The Morgan fingerprint density at radius 3 is 2.33 bits per heavy atom. The standard InChI is InChI=1S/C12H17F2N/c1-7(2)6-10(15)9-5-4-8(3)11(13)12(9)14/h4-5,7,10H,6,15H2,1-3H3/t10-/m1/s1. The molecule has 0 saturated carbocycles. The molecule has 1 aromatic rings. The second kappa shape index (κ2) is 4.71. The minimum absolute atomic E-state index is 0.270. The Labute approximate surface area is 89.3 Å². The molecule has 0 aromatic heterocycles. The Balaban J connectivity index is 3.00. The van der Waals surface area contributed by atoms with E-state index in [9.17, 15) is 8.78 Å². The minimum atomic E-state index is -0.803. The molecule has 1 atom stereocenters. The lowest BCUT2D eigenvalue weighted by Gasteiger charge is -2.16. The Morgan fingerprint density at radius 1 is 1.20 bits per heavy atom. The first-order chi connectivity index (χ1) is 6.93. The fraction of sp³-hybridized carbons (Fsp3) is 0.500. The van der Waals surface area contributed by atoms with Gasteiger partial charge in [0.25, 0.3) is 0 Å². The largest absolute Gasteiger partial charge is 0.324 e. The summed E-state index contributed by atoms with van der Waals surface area (Å²) >= 11 is 0. The van der Waals surface area contributed by atoms with Crippen LogP contribution in [0.4, 0.5) is 8.78 Å². The number of benzene rings is 1. The molecule has 0 aliphatic rings. The average Bonchev–Trinajstić information content (AvgIpc) is 2.13. The van der Waals surface area contributed by atoms with Gasteiger partial charge in [0.15, 0.2) is 11.6 Å². The van der Waals surface area contributed by atoms with Crippen molar-refractivity contribution in [3.8, 4) is 0 Å². The molecule has 0 aliphatic heterocycles. The molecule has 1 rings (SSSR count). The zero-order chi connectivity index (χ0) is 11.6. The molecule has 0 fully saturated rings. The maximum atomic E-state index is 13.5. The van der Waals surface area contributed by atoms with E-state index in [2.05, 4.69) is 0 Å². The number of nitrogens with two attached hydrogens (primary N) is 1. The molecule has 3 heteroatoms. The van der Waals surface area contributed by atoms with E-state index in [1.54, 1.807) is 12.1 Å². The quantitative estimate of drug-likeness (QED) is 0.819. The van der Waals surface area contributed by atoms with Crippen LogP contribution in [-0.2, 0) is 0 Å². The van der Waals surface area contributed by atoms with Gasteiger partial charge in [-0.15, -0.1) is 0 Å². The Kier molecular flexibility index (Phi) is 3.80. The lowest BCUT2D eigenvalue weighted by Crippen LogP contribution is -2.15. The van der Waals surface area contributed by atoms with Crippen molar-refractivity contribution in [1.82, 2.24) is 0 Å². The third-order valence-corrected chi connectivity index (χ3v) is 2.43. The number of halogens is 2. The molecule has 0 saturated heterocycles. The number of hydrogen-bond acceptors (Lipinski definition) is 1. The van der Waals surface area contributed by atoms with Crippen LogP contribution < -0.4 is 5.73 Å². The normalized spacial score (nSPS) is 13.3. The van der Waals surface area contributed by atoms with Gasteiger partial charge in [-0.3, -0.25) is 0 Å². The van der Waals surface area contributed by atoms with Crippen molar-refractivity contribution in [2.24, 2.45) is 11.7 Å². The fourth-order valence-electron chi connectivity index (χ4n) is 1.58. The van der Waals surface area contributed by atoms with E-state index in [1.165, 1.54) is 6.92 Å². The third kappa shape index (κ3) is 2.75. The summed E-state index contributed by atoms with van der Waals surface area (Å²) in [4.78, 5) is 0. The number of hydrogen-bond donors (Lipinski definition) is 1. The summed E-state index contributed by atoms with van der Waals surface area (Å²) < 4.78 is 26.8. The van der Waals surface area contributed by atoms with Crippen LogP contribution in [0.2, 0.25) is 0 Å². The maximum Gasteiger partial charge on any atom is 0.163 e. The van der Waals surface area contributed by atoms with E-state index in [0.717, 1.165) is 0 Å². The zero-order valence-electron chi connectivity index (χ0n) is 9.35. The van der Waals surface area contributed by atoms with Gasteiger partial charge in [0.1, 0.15) is 0 Å². The lowest BCUT2D eigenvalue weighted by atomic mass is 9.96. The van der Waals surface area contributed by atoms with Crippen LogP contribution in [0, 0.1) is 24.5 Å². The van der Waals surface area contributed by atoms with Crippen molar-refractivity contribution < 1.29 is 8.78 Å². The summed E-state index contributed by atoms with van der Waals surface area (Å²) in [5, 5.41) is 0. The van der Waals surface area contributed by atoms with Gasteiger partial charge >= 0.3 is 0 Å². The van der Waals surface area contributed by atoms with Crippen LogP contribution in [0.5, 0.6) is 0 Å². The van der Waals surface area contributed by atoms with E-state index in [0.29, 0.717) is 17.9 Å². The second-order valence-corrected chi connectivity index (χ2v) is 4.34. The van der Waals surface area contributed by atoms with Crippen LogP contribution in [-0.4, -0.2) is 0 Å². The van der Waals surface area contributed by atoms with Gasteiger partial charge < -0.3 is 5.73 Å². The molecule has 84 valence electrons. The second-order valence-electron chi connectivity index (χ2n) is 4.34. The maximum absolute atomic E-state index is 13.5. The molecule has 15 heavy (non-hydrogen) atoms. The highest BCUT2D eigenvalue weighted by Crippen LogP contribution is 2.24. The summed E-state index contributed by atoms with van der Waals surface area (Å²) in [6, 6.07) is 2.70. The smallest absolute Gasteiger partial charge is 0.163 e. The number of rotatable bonds is 3. The van der Waals surface area contributed by atoms with Gasteiger partial charge in [-0.2, -0.15) is 0 Å². The molecule has 0 radical (unpaired) electrons. The monoisotopic (exact) mass is 213 g/mol. The Morgan fingerprint density at radius 2 is 1.80 bits per heavy atom. The van der Waals surface area contributed by atoms with Gasteiger partial charge in [-0.1, -0.05) is 26.0 Å². The van der Waals surface area contributed by atoms with Crippen molar-refractivity contribution in [1.29, 1.82) is 0 Å². The first-order valence-corrected chi connectivity index (χ1v) is 5.13. The summed E-state index contributed by atoms with van der Waals surface area (Å²) in [6.07, 6.45) is 0.652. The molecular formula is C12H17F2N. The van der Waals surface area contributed by atoms with Gasteiger partial charge in [0.05, 0.1) is 0 Å². The van der Waals surface area contributed by atoms with E-state index < -0.39 is 17.7 Å². The first kappa shape index (κ1) is 12.1. The number of aryl methyl sites for hydroxylation is 1. The average molecular weight is 213 g/mol. The van der Waals surface area contributed by atoms with Crippen LogP contribution in [0.3, 0.4) is 0 Å². The van der Waals surface area contributed by atoms with Crippen LogP contribution in [0.25, 0.3) is 0 Å². The molecule has 1 nitrogen and oxygen atoms in total. The first-order valence-electron chi connectivity index (χ1n) is 5.13. The Hall–Kier alpha value is -0.960. The summed E-state index contributed by atoms with van der Waals surface area (Å²) in [6.45, 7) is 5.54. The summed E-state index contributed by atoms with van der Waals surface area (Å²) in [5.41, 5.74) is 6.39. The van der Waals surface area contributed by atoms with Gasteiger partial charge in [0.2, 0.25) is 0 Å². The van der Waals surface area contributed by atoms with Crippen molar-refractivity contribution in [2.75, 3.05) is 0 Å². The van der Waals surface area contributed by atoms with Crippen molar-refractivity contribution in [2.45, 2.75) is 33.2 Å². The van der Waals surface area contributed by atoms with Crippen molar-refractivity contribution >= 4 is 0 Å². The fourth-order valence-corrected chi connectivity index (χ4v) is 1.58. The molecule has 0 spiro atoms. The van der Waals surface area contributed by atoms with Gasteiger partial charge in [-0.05, 0) is 24.8 Å². The highest BCUT2D eigenvalue weighted by molar-refractivity contribution is 5.27. The topological polar surface area (TPSA) is 26.0 Å². The molecule has 0 amide bonds. The van der Waals surface area contributed by atoms with E-state index in [-0.39, 0.29) is 5.56 Å². The predicted molar refractivity (Wildman–Crippen MR) is 57.5 cm³/mol. The van der Waals surface area contributed by atoms with Gasteiger partial charge in [-0.25, -0.2) is 8.78 Å². The summed E-state index contributed by atoms with van der Waals surface area (Å²) in [7, 11) is 0. The molecule has 1 aromatic carbocycles. The third-order valence-electron chi connectivity index (χ3n) is 2.43. The molecule has 0 unspecified atom stereocenters. The van der Waals surface area contributed by atoms with E-state index >= 15 is 0 Å². The van der Waals surface area contributed by atoms with Crippen molar-refractivity contribution in [3.63, 3.8) is 0 Å². The lowest BCUT2D eigenvalue weighted by molar-refractivity contribution is 0.456. The molecular weight excluding hydrogens is 196 g/mol. The molecule has 0 bridgehead atoms. The molecule has 2 N–H and O–H groups in total. The van der Waals surface area contributed by atoms with E-state index in [4.69, 9.17) is 5.73 Å².